The summed E-state index contributed by atoms with van der Waals surface area (Å²) >= 11 is 0. The Morgan fingerprint density at radius 2 is 2.30 bits per heavy atom. The fraction of sp³-hybridized carbons (Fsp3) is 0.533. The Bertz CT molecular complexity index is 626. The summed E-state index contributed by atoms with van der Waals surface area (Å²) in [5, 5.41) is 15.3. The summed E-state index contributed by atoms with van der Waals surface area (Å²) in [6.45, 7) is 4.71. The Hall–Kier alpha value is -2.51. The highest BCUT2D eigenvalue weighted by Crippen LogP contribution is 2.21. The van der Waals surface area contributed by atoms with Crippen LogP contribution in [0.5, 0.6) is 0 Å². The Morgan fingerprint density at radius 3 is 3.04 bits per heavy atom. The zero-order valence-corrected chi connectivity index (χ0v) is 13.2. The van der Waals surface area contributed by atoms with E-state index >= 15 is 0 Å². The molecule has 8 nitrogen and oxygen atoms in total. The number of hydrogen-bond donors (Lipinski definition) is 1. The van der Waals surface area contributed by atoms with Gasteiger partial charge in [0.2, 0.25) is 5.91 Å². The van der Waals surface area contributed by atoms with E-state index < -0.39 is 0 Å². The molecule has 0 spiro atoms. The quantitative estimate of drug-likeness (QED) is 0.859. The van der Waals surface area contributed by atoms with Crippen molar-refractivity contribution in [1.29, 1.82) is 0 Å². The monoisotopic (exact) mass is 315 g/mol. The molecule has 1 fully saturated rings. The molecule has 23 heavy (non-hydrogen) atoms. The molecule has 3 heterocycles. The number of rotatable bonds is 5. The summed E-state index contributed by atoms with van der Waals surface area (Å²) in [5.41, 5.74) is 0.896. The van der Waals surface area contributed by atoms with E-state index in [9.17, 15) is 4.79 Å². The van der Waals surface area contributed by atoms with Gasteiger partial charge in [-0.15, -0.1) is 5.10 Å². The maximum atomic E-state index is 12.3. The van der Waals surface area contributed by atoms with Gasteiger partial charge in [0.05, 0.1) is 18.2 Å². The largest absolute Gasteiger partial charge is 0.354 e. The number of carbonyl (C=O) groups is 1. The minimum absolute atomic E-state index is 0.0115. The van der Waals surface area contributed by atoms with Gasteiger partial charge in [-0.2, -0.15) is 10.2 Å². The lowest BCUT2D eigenvalue weighted by atomic mass is 9.97. The van der Waals surface area contributed by atoms with Gasteiger partial charge in [0, 0.05) is 19.6 Å². The molecule has 122 valence electrons. The molecule has 1 aliphatic heterocycles. The maximum Gasteiger partial charge on any atom is 0.224 e. The number of aromatic nitrogens is 5. The normalized spacial score (nSPS) is 18.0. The molecule has 0 aromatic carbocycles. The third-order valence-corrected chi connectivity index (χ3v) is 4.01. The van der Waals surface area contributed by atoms with E-state index in [1.54, 1.807) is 11.0 Å². The van der Waals surface area contributed by atoms with Crippen LogP contribution in [0.25, 0.3) is 0 Å². The molecular weight excluding hydrogens is 294 g/mol. The van der Waals surface area contributed by atoms with Crippen LogP contribution in [0.15, 0.2) is 24.8 Å². The van der Waals surface area contributed by atoms with Crippen LogP contribution in [-0.4, -0.2) is 50.5 Å². The van der Waals surface area contributed by atoms with Crippen molar-refractivity contribution in [2.24, 2.45) is 5.92 Å². The number of amides is 1. The lowest BCUT2D eigenvalue weighted by Crippen LogP contribution is -2.44. The smallest absolute Gasteiger partial charge is 0.224 e. The number of carbonyl (C=O) groups excluding carboxylic acids is 1. The van der Waals surface area contributed by atoms with Crippen molar-refractivity contribution in [3.63, 3.8) is 0 Å². The zero-order valence-electron chi connectivity index (χ0n) is 13.2. The summed E-state index contributed by atoms with van der Waals surface area (Å²) in [4.78, 5) is 18.4. The molecule has 3 rings (SSSR count). The standard InChI is InChI=1S/C15H21N7O/c1-12-4-5-14(20-19-12)21-7-2-3-13(9-21)15(23)17-6-8-22-11-16-10-18-22/h4-5,10-11,13H,2-3,6-9H2,1H3,(H,17,23). The molecule has 0 aliphatic carbocycles. The van der Waals surface area contributed by atoms with Gasteiger partial charge in [-0.25, -0.2) is 4.98 Å². The van der Waals surface area contributed by atoms with Gasteiger partial charge in [-0.3, -0.25) is 9.48 Å². The van der Waals surface area contributed by atoms with E-state index in [1.165, 1.54) is 6.33 Å². The van der Waals surface area contributed by atoms with Crippen LogP contribution in [0.4, 0.5) is 5.82 Å². The van der Waals surface area contributed by atoms with Crippen molar-refractivity contribution in [2.75, 3.05) is 24.5 Å². The Kier molecular flexibility index (Phi) is 4.80. The van der Waals surface area contributed by atoms with Crippen molar-refractivity contribution in [1.82, 2.24) is 30.3 Å². The summed E-state index contributed by atoms with van der Waals surface area (Å²) in [6.07, 6.45) is 5.02. The van der Waals surface area contributed by atoms with Gasteiger partial charge in [-0.05, 0) is 31.9 Å². The minimum atomic E-state index is -0.0115. The van der Waals surface area contributed by atoms with Crippen molar-refractivity contribution >= 4 is 11.7 Å². The van der Waals surface area contributed by atoms with Crippen molar-refractivity contribution in [3.8, 4) is 0 Å². The number of nitrogens with one attached hydrogen (secondary N) is 1. The van der Waals surface area contributed by atoms with Crippen molar-refractivity contribution in [2.45, 2.75) is 26.3 Å². The number of nitrogens with zero attached hydrogens (tertiary/aromatic N) is 6. The van der Waals surface area contributed by atoms with Crippen LogP contribution < -0.4 is 10.2 Å². The van der Waals surface area contributed by atoms with Crippen molar-refractivity contribution < 1.29 is 4.79 Å². The third kappa shape index (κ3) is 4.02. The van der Waals surface area contributed by atoms with Crippen LogP contribution in [0.2, 0.25) is 0 Å². The van der Waals surface area contributed by atoms with Gasteiger partial charge < -0.3 is 10.2 Å². The average Bonchev–Trinajstić information content (AvgIpc) is 3.09. The number of aryl methyl sites for hydroxylation is 1. The Morgan fingerprint density at radius 1 is 1.39 bits per heavy atom. The van der Waals surface area contributed by atoms with Crippen LogP contribution in [0.3, 0.4) is 0 Å². The highest BCUT2D eigenvalue weighted by Gasteiger charge is 2.26. The summed E-state index contributed by atoms with van der Waals surface area (Å²) in [5.74, 6) is 0.924. The third-order valence-electron chi connectivity index (χ3n) is 4.01. The highest BCUT2D eigenvalue weighted by atomic mass is 16.1. The van der Waals surface area contributed by atoms with E-state index in [0.717, 1.165) is 30.9 Å². The minimum Gasteiger partial charge on any atom is -0.354 e. The molecule has 1 N–H and O–H groups in total. The van der Waals surface area contributed by atoms with Crippen LogP contribution >= 0.6 is 0 Å². The molecule has 0 bridgehead atoms. The molecule has 0 saturated carbocycles. The Labute approximate surface area is 134 Å². The van der Waals surface area contributed by atoms with Gasteiger partial charge in [-0.1, -0.05) is 0 Å². The molecule has 2 aromatic heterocycles. The molecule has 0 radical (unpaired) electrons. The second-order valence-corrected chi connectivity index (χ2v) is 5.77. The van der Waals surface area contributed by atoms with E-state index in [2.05, 4.69) is 30.5 Å². The molecule has 1 unspecified atom stereocenters. The highest BCUT2D eigenvalue weighted by molar-refractivity contribution is 5.79. The average molecular weight is 315 g/mol. The zero-order chi connectivity index (χ0) is 16.1. The first-order valence-corrected chi connectivity index (χ1v) is 7.88. The molecule has 1 saturated heterocycles. The molecule has 1 amide bonds. The maximum absolute atomic E-state index is 12.3. The first kappa shape index (κ1) is 15.4. The van der Waals surface area contributed by atoms with E-state index in [1.807, 2.05) is 19.1 Å². The van der Waals surface area contributed by atoms with Crippen LogP contribution in [0, 0.1) is 12.8 Å². The lowest BCUT2D eigenvalue weighted by molar-refractivity contribution is -0.125. The first-order chi connectivity index (χ1) is 11.2. The molecular formula is C15H21N7O. The number of anilines is 1. The molecule has 8 heteroatoms. The molecule has 1 aliphatic rings. The number of piperidine rings is 1. The summed E-state index contributed by atoms with van der Waals surface area (Å²) < 4.78 is 1.70. The SMILES string of the molecule is Cc1ccc(N2CCCC(C(=O)NCCn3cncn3)C2)nn1. The van der Waals surface area contributed by atoms with Crippen LogP contribution in [0.1, 0.15) is 18.5 Å². The van der Waals surface area contributed by atoms with Gasteiger partial charge in [0.1, 0.15) is 12.7 Å². The summed E-state index contributed by atoms with van der Waals surface area (Å²) in [6, 6.07) is 3.91. The lowest BCUT2D eigenvalue weighted by Gasteiger charge is -2.32. The molecule has 1 atom stereocenters. The van der Waals surface area contributed by atoms with Gasteiger partial charge >= 0.3 is 0 Å². The van der Waals surface area contributed by atoms with E-state index in [0.29, 0.717) is 19.6 Å². The fourth-order valence-corrected chi connectivity index (χ4v) is 2.75. The Balaban J connectivity index is 1.51. The second kappa shape index (κ2) is 7.17. The first-order valence-electron chi connectivity index (χ1n) is 7.88. The van der Waals surface area contributed by atoms with E-state index in [-0.39, 0.29) is 11.8 Å². The van der Waals surface area contributed by atoms with Crippen molar-refractivity contribution in [3.05, 3.63) is 30.5 Å². The predicted molar refractivity (Wildman–Crippen MR) is 84.7 cm³/mol. The van der Waals surface area contributed by atoms with Gasteiger partial charge in [0.15, 0.2) is 5.82 Å². The van der Waals surface area contributed by atoms with E-state index in [4.69, 9.17) is 0 Å². The van der Waals surface area contributed by atoms with Crippen LogP contribution in [-0.2, 0) is 11.3 Å². The molecule has 2 aromatic rings. The second-order valence-electron chi connectivity index (χ2n) is 5.77. The topological polar surface area (TPSA) is 88.8 Å². The summed E-state index contributed by atoms with van der Waals surface area (Å²) in [7, 11) is 0. The fourth-order valence-electron chi connectivity index (χ4n) is 2.75. The predicted octanol–water partition coefficient (Wildman–Crippen LogP) is 0.409. The van der Waals surface area contributed by atoms with Gasteiger partial charge in [0.25, 0.3) is 0 Å². The number of hydrogen-bond acceptors (Lipinski definition) is 6.